The third-order valence-corrected chi connectivity index (χ3v) is 2.97. The van der Waals surface area contributed by atoms with Crippen molar-refractivity contribution in [2.45, 2.75) is 53.6 Å². The highest BCUT2D eigenvalue weighted by Crippen LogP contribution is 2.14. The normalized spacial score (nSPS) is 12.7. The number of aryl methyl sites for hydroxylation is 1. The minimum atomic E-state index is 0.521. The molecule has 0 aromatic carbocycles. The highest BCUT2D eigenvalue weighted by atomic mass is 15.3. The highest BCUT2D eigenvalue weighted by molar-refractivity contribution is 5.50. The number of nitrogens with one attached hydrogen (secondary N) is 1. The van der Waals surface area contributed by atoms with E-state index in [9.17, 15) is 0 Å². The molecule has 18 heavy (non-hydrogen) atoms. The van der Waals surface area contributed by atoms with Crippen molar-refractivity contribution in [1.29, 1.82) is 0 Å². The van der Waals surface area contributed by atoms with Crippen LogP contribution in [0.15, 0.2) is 17.8 Å². The van der Waals surface area contributed by atoms with E-state index in [4.69, 9.17) is 0 Å². The van der Waals surface area contributed by atoms with Gasteiger partial charge in [0.25, 0.3) is 0 Å². The van der Waals surface area contributed by atoms with Crippen molar-refractivity contribution in [1.82, 2.24) is 15.1 Å². The monoisotopic (exact) mass is 249 g/mol. The molecule has 0 fully saturated rings. The Morgan fingerprint density at radius 3 is 2.67 bits per heavy atom. The van der Waals surface area contributed by atoms with Gasteiger partial charge in [-0.2, -0.15) is 5.10 Å². The standard InChI is InChI=1S/C15H27N3/c1-6-9-18-15(7-8-17-18)10-14(12(2)3)11-16-13(4)5/h7-8,10,12-13,16H,6,9,11H2,1-5H3/b14-10-. The molecule has 0 unspecified atom stereocenters. The van der Waals surface area contributed by atoms with E-state index < -0.39 is 0 Å². The summed E-state index contributed by atoms with van der Waals surface area (Å²) in [7, 11) is 0. The zero-order valence-electron chi connectivity index (χ0n) is 12.4. The number of nitrogens with zero attached hydrogens (tertiary/aromatic N) is 2. The average molecular weight is 249 g/mol. The molecule has 1 rings (SSSR count). The van der Waals surface area contributed by atoms with Gasteiger partial charge < -0.3 is 5.32 Å². The molecule has 1 N–H and O–H groups in total. The zero-order chi connectivity index (χ0) is 13.5. The summed E-state index contributed by atoms with van der Waals surface area (Å²) in [6, 6.07) is 2.61. The second kappa shape index (κ2) is 7.37. The fraction of sp³-hybridized carbons (Fsp3) is 0.667. The second-order valence-electron chi connectivity index (χ2n) is 5.39. The Bertz CT molecular complexity index is 375. The van der Waals surface area contributed by atoms with Gasteiger partial charge in [-0.1, -0.05) is 40.2 Å². The Labute approximate surface area is 111 Å². The van der Waals surface area contributed by atoms with Gasteiger partial charge in [-0.15, -0.1) is 0 Å². The van der Waals surface area contributed by atoms with Gasteiger partial charge in [-0.25, -0.2) is 0 Å². The third kappa shape index (κ3) is 4.65. The molecule has 0 radical (unpaired) electrons. The number of hydrogen-bond acceptors (Lipinski definition) is 2. The molecule has 0 aliphatic rings. The fourth-order valence-electron chi connectivity index (χ4n) is 1.80. The lowest BCUT2D eigenvalue weighted by atomic mass is 10.0. The van der Waals surface area contributed by atoms with E-state index in [-0.39, 0.29) is 0 Å². The van der Waals surface area contributed by atoms with Gasteiger partial charge in [0.2, 0.25) is 0 Å². The van der Waals surface area contributed by atoms with Crippen molar-refractivity contribution in [3.05, 3.63) is 23.5 Å². The number of aromatic nitrogens is 2. The summed E-state index contributed by atoms with van der Waals surface area (Å²) in [5, 5.41) is 7.86. The quantitative estimate of drug-likeness (QED) is 0.803. The second-order valence-corrected chi connectivity index (χ2v) is 5.39. The molecule has 0 saturated carbocycles. The van der Waals surface area contributed by atoms with Crippen molar-refractivity contribution in [2.75, 3.05) is 6.54 Å². The van der Waals surface area contributed by atoms with Crippen LogP contribution in [0.1, 0.15) is 46.7 Å². The van der Waals surface area contributed by atoms with Crippen LogP contribution in [-0.4, -0.2) is 22.4 Å². The van der Waals surface area contributed by atoms with E-state index >= 15 is 0 Å². The Balaban J connectivity index is 2.83. The van der Waals surface area contributed by atoms with Gasteiger partial charge in [0, 0.05) is 25.3 Å². The molecule has 0 atom stereocenters. The number of rotatable bonds is 7. The highest BCUT2D eigenvalue weighted by Gasteiger charge is 2.06. The first-order chi connectivity index (χ1) is 8.54. The maximum Gasteiger partial charge on any atom is 0.0609 e. The predicted molar refractivity (Wildman–Crippen MR) is 78.5 cm³/mol. The SMILES string of the molecule is CCCn1nccc1/C=C(/CNC(C)C)C(C)C. The van der Waals surface area contributed by atoms with Gasteiger partial charge in [0.15, 0.2) is 0 Å². The molecule has 0 bridgehead atoms. The van der Waals surface area contributed by atoms with Gasteiger partial charge in [0.1, 0.15) is 0 Å². The average Bonchev–Trinajstić information content (AvgIpc) is 2.71. The first kappa shape index (κ1) is 15.0. The van der Waals surface area contributed by atoms with Gasteiger partial charge >= 0.3 is 0 Å². The van der Waals surface area contributed by atoms with Crippen LogP contribution in [0.5, 0.6) is 0 Å². The van der Waals surface area contributed by atoms with E-state index in [1.54, 1.807) is 0 Å². The molecule has 1 aromatic heterocycles. The van der Waals surface area contributed by atoms with Crippen LogP contribution in [-0.2, 0) is 6.54 Å². The maximum atomic E-state index is 4.37. The molecule has 0 aliphatic carbocycles. The van der Waals surface area contributed by atoms with Gasteiger partial charge in [0.05, 0.1) is 5.69 Å². The topological polar surface area (TPSA) is 29.9 Å². The molecule has 0 aliphatic heterocycles. The minimum absolute atomic E-state index is 0.521. The van der Waals surface area contributed by atoms with Crippen molar-refractivity contribution >= 4 is 6.08 Å². The first-order valence-electron chi connectivity index (χ1n) is 7.00. The van der Waals surface area contributed by atoms with Crippen LogP contribution in [0.3, 0.4) is 0 Å². The lowest BCUT2D eigenvalue weighted by Gasteiger charge is -2.15. The molecule has 102 valence electrons. The predicted octanol–water partition coefficient (Wildman–Crippen LogP) is 3.33. The Hall–Kier alpha value is -1.09. The van der Waals surface area contributed by atoms with Crippen molar-refractivity contribution in [3.63, 3.8) is 0 Å². The van der Waals surface area contributed by atoms with Crippen molar-refractivity contribution < 1.29 is 0 Å². The Morgan fingerprint density at radius 1 is 1.39 bits per heavy atom. The van der Waals surface area contributed by atoms with E-state index in [2.05, 4.69) is 61.9 Å². The summed E-state index contributed by atoms with van der Waals surface area (Å²) in [4.78, 5) is 0. The first-order valence-corrected chi connectivity index (χ1v) is 7.00. The Kier molecular flexibility index (Phi) is 6.13. The van der Waals surface area contributed by atoms with Crippen molar-refractivity contribution in [2.24, 2.45) is 5.92 Å². The van der Waals surface area contributed by atoms with Crippen LogP contribution < -0.4 is 5.32 Å². The van der Waals surface area contributed by atoms with Gasteiger partial charge in [-0.3, -0.25) is 4.68 Å². The van der Waals surface area contributed by atoms with E-state index in [1.807, 2.05) is 6.20 Å². The third-order valence-electron chi connectivity index (χ3n) is 2.97. The Morgan fingerprint density at radius 2 is 2.11 bits per heavy atom. The molecule has 0 amide bonds. The van der Waals surface area contributed by atoms with E-state index in [0.29, 0.717) is 12.0 Å². The van der Waals surface area contributed by atoms with Crippen molar-refractivity contribution in [3.8, 4) is 0 Å². The summed E-state index contributed by atoms with van der Waals surface area (Å²) in [5.41, 5.74) is 2.65. The van der Waals surface area contributed by atoms with E-state index in [1.165, 1.54) is 11.3 Å². The molecule has 1 aromatic rings. The van der Waals surface area contributed by atoms with E-state index in [0.717, 1.165) is 19.5 Å². The van der Waals surface area contributed by atoms with Crippen LogP contribution in [0.25, 0.3) is 6.08 Å². The molecule has 0 spiro atoms. The number of hydrogen-bond donors (Lipinski definition) is 1. The zero-order valence-corrected chi connectivity index (χ0v) is 12.4. The summed E-state index contributed by atoms with van der Waals surface area (Å²) >= 11 is 0. The molecular formula is C15H27N3. The smallest absolute Gasteiger partial charge is 0.0609 e. The summed E-state index contributed by atoms with van der Waals surface area (Å²) in [6.07, 6.45) is 5.28. The van der Waals surface area contributed by atoms with Crippen LogP contribution >= 0.6 is 0 Å². The van der Waals surface area contributed by atoms with Crippen LogP contribution in [0.2, 0.25) is 0 Å². The van der Waals surface area contributed by atoms with Gasteiger partial charge in [-0.05, 0) is 24.5 Å². The van der Waals surface area contributed by atoms with Crippen LogP contribution in [0.4, 0.5) is 0 Å². The maximum absolute atomic E-state index is 4.37. The molecule has 3 nitrogen and oxygen atoms in total. The molecule has 3 heteroatoms. The largest absolute Gasteiger partial charge is 0.311 e. The molecule has 1 heterocycles. The lowest BCUT2D eigenvalue weighted by molar-refractivity contribution is 0.586. The van der Waals surface area contributed by atoms with Crippen LogP contribution in [0, 0.1) is 5.92 Å². The summed E-state index contributed by atoms with van der Waals surface area (Å²) in [5.74, 6) is 0.557. The molecular weight excluding hydrogens is 222 g/mol. The minimum Gasteiger partial charge on any atom is -0.311 e. The summed E-state index contributed by atoms with van der Waals surface area (Å²) < 4.78 is 2.08. The summed E-state index contributed by atoms with van der Waals surface area (Å²) in [6.45, 7) is 13.0. The molecule has 0 saturated heterocycles. The lowest BCUT2D eigenvalue weighted by Crippen LogP contribution is -2.26. The fourth-order valence-corrected chi connectivity index (χ4v) is 1.80.